The molecule has 1 heterocycles. The number of hydrogen-bond acceptors (Lipinski definition) is 5. The van der Waals surface area contributed by atoms with Crippen LogP contribution in [0.25, 0.3) is 0 Å². The highest BCUT2D eigenvalue weighted by Gasteiger charge is 2.35. The predicted molar refractivity (Wildman–Crippen MR) is 72.1 cm³/mol. The summed E-state index contributed by atoms with van der Waals surface area (Å²) in [4.78, 5) is 14.0. The molecule has 0 spiro atoms. The number of aromatic amines is 1. The van der Waals surface area contributed by atoms with Crippen molar-refractivity contribution in [2.45, 2.75) is 40.2 Å². The van der Waals surface area contributed by atoms with Crippen LogP contribution in [0.15, 0.2) is 4.79 Å². The molecule has 0 aliphatic heterocycles. The lowest BCUT2D eigenvalue weighted by Gasteiger charge is -2.18. The highest BCUT2D eigenvalue weighted by molar-refractivity contribution is 7.62. The van der Waals surface area contributed by atoms with E-state index in [9.17, 15) is 14.5 Å². The molecule has 1 aromatic rings. The van der Waals surface area contributed by atoms with Crippen molar-refractivity contribution in [1.82, 2.24) is 9.55 Å². The van der Waals surface area contributed by atoms with E-state index >= 15 is 0 Å². The van der Waals surface area contributed by atoms with Crippen molar-refractivity contribution in [2.75, 3.05) is 13.2 Å². The molecular weight excluding hydrogens is 271 g/mol. The van der Waals surface area contributed by atoms with Gasteiger partial charge in [-0.3, -0.25) is 14.1 Å². The van der Waals surface area contributed by atoms with Gasteiger partial charge in [0.2, 0.25) is 5.88 Å². The van der Waals surface area contributed by atoms with E-state index in [1.807, 2.05) is 6.92 Å². The van der Waals surface area contributed by atoms with Crippen molar-refractivity contribution < 1.29 is 18.7 Å². The quantitative estimate of drug-likeness (QED) is 0.709. The lowest BCUT2D eigenvalue weighted by molar-refractivity contribution is 0.227. The monoisotopic (exact) mass is 292 g/mol. The molecule has 0 saturated carbocycles. The molecule has 8 heteroatoms. The number of nitrogens with one attached hydrogen (secondary N) is 1. The zero-order valence-electron chi connectivity index (χ0n) is 11.5. The molecule has 1 aromatic heterocycles. The van der Waals surface area contributed by atoms with Crippen LogP contribution < -0.4 is 11.1 Å². The van der Waals surface area contributed by atoms with E-state index in [1.54, 1.807) is 13.8 Å². The highest BCUT2D eigenvalue weighted by Crippen LogP contribution is 2.48. The van der Waals surface area contributed by atoms with E-state index in [1.165, 1.54) is 4.57 Å². The van der Waals surface area contributed by atoms with E-state index in [0.29, 0.717) is 6.54 Å². The van der Waals surface area contributed by atoms with E-state index < -0.39 is 19.2 Å². The molecule has 7 nitrogen and oxygen atoms in total. The highest BCUT2D eigenvalue weighted by atomic mass is 31.2. The Labute approximate surface area is 112 Å². The van der Waals surface area contributed by atoms with Crippen LogP contribution >= 0.6 is 7.60 Å². The Hall–Kier alpha value is -1.04. The summed E-state index contributed by atoms with van der Waals surface area (Å²) in [6.45, 7) is 5.98. The van der Waals surface area contributed by atoms with Crippen LogP contribution in [0.4, 0.5) is 0 Å². The van der Waals surface area contributed by atoms with Crippen LogP contribution in [0.5, 0.6) is 5.88 Å². The number of rotatable bonds is 8. The van der Waals surface area contributed by atoms with Gasteiger partial charge < -0.3 is 14.2 Å². The van der Waals surface area contributed by atoms with Gasteiger partial charge in [0.15, 0.2) is 5.44 Å². The summed E-state index contributed by atoms with van der Waals surface area (Å²) in [5.74, 6) is -0.452. The third-order valence-electron chi connectivity index (χ3n) is 2.53. The van der Waals surface area contributed by atoms with Gasteiger partial charge in [-0.05, 0) is 20.3 Å². The summed E-state index contributed by atoms with van der Waals surface area (Å²) in [6.07, 6.45) is 1.59. The molecule has 1 rings (SSSR count). The van der Waals surface area contributed by atoms with Crippen LogP contribution in [0.3, 0.4) is 0 Å². The van der Waals surface area contributed by atoms with Gasteiger partial charge in [-0.1, -0.05) is 13.3 Å². The molecule has 0 fully saturated rings. The first-order chi connectivity index (χ1) is 9.00. The van der Waals surface area contributed by atoms with Crippen LogP contribution in [0, 0.1) is 0 Å². The fraction of sp³-hybridized carbons (Fsp3) is 0.727. The average Bonchev–Trinajstić information content (AvgIpc) is 2.62. The van der Waals surface area contributed by atoms with Gasteiger partial charge in [0, 0.05) is 6.54 Å². The summed E-state index contributed by atoms with van der Waals surface area (Å²) >= 11 is 0. The molecule has 0 radical (unpaired) electrons. The first-order valence-corrected chi connectivity index (χ1v) is 7.95. The lowest BCUT2D eigenvalue weighted by Crippen LogP contribution is -2.28. The molecular formula is C11H21N2O5P. The molecule has 0 unspecified atom stereocenters. The summed E-state index contributed by atoms with van der Waals surface area (Å²) < 4.78 is 24.2. The third-order valence-corrected chi connectivity index (χ3v) is 4.70. The molecule has 110 valence electrons. The number of aromatic hydroxyl groups is 1. The van der Waals surface area contributed by atoms with Crippen LogP contribution in [-0.4, -0.2) is 27.9 Å². The van der Waals surface area contributed by atoms with Crippen molar-refractivity contribution in [1.29, 1.82) is 0 Å². The minimum Gasteiger partial charge on any atom is -0.493 e. The second-order valence-electron chi connectivity index (χ2n) is 3.94. The molecule has 0 bridgehead atoms. The number of nitrogens with zero attached hydrogens (tertiary/aromatic N) is 1. The van der Waals surface area contributed by atoms with Gasteiger partial charge in [0.05, 0.1) is 13.2 Å². The Morgan fingerprint density at radius 3 is 2.32 bits per heavy atom. The van der Waals surface area contributed by atoms with E-state index in [-0.39, 0.29) is 18.6 Å². The second kappa shape index (κ2) is 6.93. The molecule has 0 aliphatic rings. The zero-order chi connectivity index (χ0) is 14.5. The first kappa shape index (κ1) is 16.0. The molecule has 0 aliphatic carbocycles. The zero-order valence-corrected chi connectivity index (χ0v) is 12.4. The smallest absolute Gasteiger partial charge is 0.383 e. The van der Waals surface area contributed by atoms with Crippen molar-refractivity contribution in [3.05, 3.63) is 10.5 Å². The molecule has 0 saturated heterocycles. The van der Waals surface area contributed by atoms with Crippen LogP contribution in [-0.2, 0) is 20.2 Å². The van der Waals surface area contributed by atoms with Crippen LogP contribution in [0.1, 0.15) is 33.6 Å². The topological polar surface area (TPSA) is 93.5 Å². The standard InChI is InChI=1S/C11H21N2O5P/c1-4-7-8-13-10(9(14)12-11(13)15)19(16,17-5-2)18-6-3/h14H,4-8H2,1-3H3,(H,12,15). The molecule has 0 aromatic carbocycles. The molecule has 0 atom stereocenters. The van der Waals surface area contributed by atoms with Crippen molar-refractivity contribution in [3.8, 4) is 5.88 Å². The number of H-pyrrole nitrogens is 1. The van der Waals surface area contributed by atoms with E-state index in [2.05, 4.69) is 4.98 Å². The summed E-state index contributed by atoms with van der Waals surface area (Å²) in [5, 5.41) is 9.79. The maximum absolute atomic E-state index is 12.6. The van der Waals surface area contributed by atoms with E-state index in [0.717, 1.165) is 12.8 Å². The van der Waals surface area contributed by atoms with Crippen molar-refractivity contribution in [3.63, 3.8) is 0 Å². The average molecular weight is 292 g/mol. The third kappa shape index (κ3) is 3.49. The Morgan fingerprint density at radius 2 is 1.84 bits per heavy atom. The number of unbranched alkanes of at least 4 members (excludes halogenated alkanes) is 1. The Balaban J connectivity index is 3.29. The molecule has 0 amide bonds. The van der Waals surface area contributed by atoms with Crippen LogP contribution in [0.2, 0.25) is 0 Å². The normalized spacial score (nSPS) is 11.9. The van der Waals surface area contributed by atoms with E-state index in [4.69, 9.17) is 9.05 Å². The second-order valence-corrected chi connectivity index (χ2v) is 5.88. The van der Waals surface area contributed by atoms with Gasteiger partial charge in [-0.25, -0.2) is 4.79 Å². The Morgan fingerprint density at radius 1 is 1.26 bits per heavy atom. The molecule has 19 heavy (non-hydrogen) atoms. The number of hydrogen-bond donors (Lipinski definition) is 2. The number of aromatic nitrogens is 2. The first-order valence-electron chi connectivity index (χ1n) is 6.41. The SMILES string of the molecule is CCCCn1c(P(=O)(OCC)OCC)c(O)[nH]c1=O. The largest absolute Gasteiger partial charge is 0.493 e. The fourth-order valence-corrected chi connectivity index (χ4v) is 3.55. The Kier molecular flexibility index (Phi) is 5.85. The lowest BCUT2D eigenvalue weighted by atomic mass is 10.3. The minimum atomic E-state index is -3.68. The van der Waals surface area contributed by atoms with Gasteiger partial charge in [0.25, 0.3) is 0 Å². The van der Waals surface area contributed by atoms with Gasteiger partial charge in [-0.2, -0.15) is 0 Å². The van der Waals surface area contributed by atoms with Crippen molar-refractivity contribution >= 4 is 13.0 Å². The van der Waals surface area contributed by atoms with Crippen molar-refractivity contribution in [2.24, 2.45) is 0 Å². The molecule has 2 N–H and O–H groups in total. The van der Waals surface area contributed by atoms with Gasteiger partial charge in [-0.15, -0.1) is 0 Å². The Bertz CT molecular complexity index is 498. The number of imidazole rings is 1. The summed E-state index contributed by atoms with van der Waals surface area (Å²) in [6, 6.07) is 0. The van der Waals surface area contributed by atoms with Gasteiger partial charge in [0.1, 0.15) is 0 Å². The maximum atomic E-state index is 12.6. The van der Waals surface area contributed by atoms with Gasteiger partial charge >= 0.3 is 13.3 Å². The predicted octanol–water partition coefficient (Wildman–Crippen LogP) is 1.57. The fourth-order valence-electron chi connectivity index (χ4n) is 1.75. The summed E-state index contributed by atoms with van der Waals surface area (Å²) in [5.41, 5.74) is -0.602. The maximum Gasteiger partial charge on any atom is 0.383 e. The minimum absolute atomic E-state index is 0.0883. The summed E-state index contributed by atoms with van der Waals surface area (Å²) in [7, 11) is -3.68.